The average Bonchev–Trinajstić information content (AvgIpc) is 2.75. The molecule has 1 N–H and O–H groups in total. The molecule has 86 valence electrons. The molecule has 0 aliphatic heterocycles. The van der Waals surface area contributed by atoms with Gasteiger partial charge in [0.25, 0.3) is 0 Å². The highest BCUT2D eigenvalue weighted by molar-refractivity contribution is 8.00. The Kier molecular flexibility index (Phi) is 7.91. The number of thioether (sulfide) groups is 1. The van der Waals surface area contributed by atoms with Gasteiger partial charge >= 0.3 is 0 Å². The summed E-state index contributed by atoms with van der Waals surface area (Å²) in [6.45, 7) is 2.84. The molecule has 1 heterocycles. The lowest BCUT2D eigenvalue weighted by Gasteiger charge is -2.02. The lowest BCUT2D eigenvalue weighted by atomic mass is 10.3. The Bertz CT molecular complexity index is 229. The first-order valence-electron chi connectivity index (χ1n) is 5.15. The van der Waals surface area contributed by atoms with Gasteiger partial charge in [-0.05, 0) is 19.4 Å². The fourth-order valence-corrected chi connectivity index (χ4v) is 2.80. The van der Waals surface area contributed by atoms with Crippen LogP contribution in [0.1, 0.15) is 12.8 Å². The number of ether oxygens (including phenoxy) is 1. The van der Waals surface area contributed by atoms with E-state index in [1.165, 1.54) is 22.9 Å². The van der Waals surface area contributed by atoms with Crippen molar-refractivity contribution in [2.75, 3.05) is 32.6 Å². The highest BCUT2D eigenvalue weighted by Gasteiger charge is 1.95. The zero-order valence-electron chi connectivity index (χ0n) is 9.07. The summed E-state index contributed by atoms with van der Waals surface area (Å²) in [5, 5.41) is 5.36. The number of unbranched alkanes of at least 4 members (excludes halogenated alkanes) is 1. The van der Waals surface area contributed by atoms with Crippen LogP contribution in [0.2, 0.25) is 0 Å². The number of methoxy groups -OCH3 is 1. The molecule has 0 bridgehead atoms. The van der Waals surface area contributed by atoms with Crippen LogP contribution < -0.4 is 5.32 Å². The van der Waals surface area contributed by atoms with Crippen LogP contribution in [0.3, 0.4) is 0 Å². The largest absolute Gasteiger partial charge is 0.383 e. The molecule has 3 nitrogen and oxygen atoms in total. The maximum absolute atomic E-state index is 4.94. The number of thiazole rings is 1. The van der Waals surface area contributed by atoms with Crippen molar-refractivity contribution in [3.63, 3.8) is 0 Å². The number of nitrogens with zero attached hydrogens (tertiary/aromatic N) is 1. The van der Waals surface area contributed by atoms with E-state index in [2.05, 4.69) is 10.3 Å². The monoisotopic (exact) mass is 246 g/mol. The molecule has 1 aromatic heterocycles. The first kappa shape index (κ1) is 13.0. The Morgan fingerprint density at radius 2 is 2.40 bits per heavy atom. The van der Waals surface area contributed by atoms with Crippen molar-refractivity contribution in [1.29, 1.82) is 0 Å². The Balaban J connectivity index is 1.81. The summed E-state index contributed by atoms with van der Waals surface area (Å²) < 4.78 is 6.13. The summed E-state index contributed by atoms with van der Waals surface area (Å²) in [6.07, 6.45) is 4.33. The fourth-order valence-electron chi connectivity index (χ4n) is 1.09. The van der Waals surface area contributed by atoms with Gasteiger partial charge < -0.3 is 10.1 Å². The molecule has 5 heteroatoms. The van der Waals surface area contributed by atoms with Crippen LogP contribution in [0.4, 0.5) is 0 Å². The van der Waals surface area contributed by atoms with Gasteiger partial charge in [-0.3, -0.25) is 0 Å². The molecular formula is C10H18N2OS2. The summed E-state index contributed by atoms with van der Waals surface area (Å²) >= 11 is 3.57. The minimum Gasteiger partial charge on any atom is -0.383 e. The second kappa shape index (κ2) is 9.15. The van der Waals surface area contributed by atoms with Crippen LogP contribution in [-0.4, -0.2) is 37.5 Å². The topological polar surface area (TPSA) is 34.1 Å². The summed E-state index contributed by atoms with van der Waals surface area (Å²) in [6, 6.07) is 0. The average molecular weight is 246 g/mol. The molecule has 0 unspecified atom stereocenters. The van der Waals surface area contributed by atoms with E-state index >= 15 is 0 Å². The number of hydrogen-bond donors (Lipinski definition) is 1. The van der Waals surface area contributed by atoms with Crippen molar-refractivity contribution in [1.82, 2.24) is 10.3 Å². The zero-order valence-corrected chi connectivity index (χ0v) is 10.7. The van der Waals surface area contributed by atoms with E-state index in [1.54, 1.807) is 18.4 Å². The third-order valence-corrected chi connectivity index (χ3v) is 3.92. The second-order valence-corrected chi connectivity index (χ2v) is 5.33. The van der Waals surface area contributed by atoms with E-state index in [0.29, 0.717) is 0 Å². The van der Waals surface area contributed by atoms with Crippen LogP contribution >= 0.6 is 23.1 Å². The van der Waals surface area contributed by atoms with E-state index < -0.39 is 0 Å². The molecule has 0 fully saturated rings. The van der Waals surface area contributed by atoms with Crippen LogP contribution in [0.15, 0.2) is 15.9 Å². The van der Waals surface area contributed by atoms with Gasteiger partial charge in [0.2, 0.25) is 0 Å². The Hall–Kier alpha value is -0.100. The second-order valence-electron chi connectivity index (χ2n) is 3.10. The summed E-state index contributed by atoms with van der Waals surface area (Å²) in [7, 11) is 1.73. The van der Waals surface area contributed by atoms with Gasteiger partial charge in [0.15, 0.2) is 0 Å². The molecular weight excluding hydrogens is 228 g/mol. The minimum atomic E-state index is 0.799. The van der Waals surface area contributed by atoms with E-state index in [1.807, 2.05) is 23.3 Å². The lowest BCUT2D eigenvalue weighted by molar-refractivity contribution is 0.199. The van der Waals surface area contributed by atoms with Gasteiger partial charge in [0.05, 0.1) is 6.61 Å². The van der Waals surface area contributed by atoms with Gasteiger partial charge in [-0.25, -0.2) is 4.98 Å². The molecule has 0 spiro atoms. The molecule has 15 heavy (non-hydrogen) atoms. The minimum absolute atomic E-state index is 0.799. The van der Waals surface area contributed by atoms with E-state index in [-0.39, 0.29) is 0 Å². The van der Waals surface area contributed by atoms with E-state index in [0.717, 1.165) is 19.7 Å². The van der Waals surface area contributed by atoms with Crippen LogP contribution in [0.5, 0.6) is 0 Å². The molecule has 0 aliphatic carbocycles. The predicted molar refractivity (Wildman–Crippen MR) is 66.8 cm³/mol. The summed E-state index contributed by atoms with van der Waals surface area (Å²) in [5.41, 5.74) is 0. The van der Waals surface area contributed by atoms with Gasteiger partial charge in [0.1, 0.15) is 4.34 Å². The lowest BCUT2D eigenvalue weighted by Crippen LogP contribution is -2.20. The van der Waals surface area contributed by atoms with Gasteiger partial charge in [0, 0.05) is 31.0 Å². The fraction of sp³-hybridized carbons (Fsp3) is 0.700. The smallest absolute Gasteiger partial charge is 0.149 e. The van der Waals surface area contributed by atoms with Crippen molar-refractivity contribution < 1.29 is 4.74 Å². The van der Waals surface area contributed by atoms with Gasteiger partial charge in [-0.2, -0.15) is 0 Å². The normalized spacial score (nSPS) is 10.7. The molecule has 0 saturated carbocycles. The maximum atomic E-state index is 4.94. The van der Waals surface area contributed by atoms with Gasteiger partial charge in [-0.15, -0.1) is 11.3 Å². The van der Waals surface area contributed by atoms with Gasteiger partial charge in [-0.1, -0.05) is 11.8 Å². The van der Waals surface area contributed by atoms with Crippen LogP contribution in [0, 0.1) is 0 Å². The van der Waals surface area contributed by atoms with E-state index in [9.17, 15) is 0 Å². The number of aromatic nitrogens is 1. The molecule has 0 amide bonds. The number of hydrogen-bond acceptors (Lipinski definition) is 5. The number of nitrogens with one attached hydrogen (secondary N) is 1. The zero-order chi connectivity index (χ0) is 10.8. The molecule has 1 aromatic rings. The van der Waals surface area contributed by atoms with Crippen LogP contribution in [0.25, 0.3) is 0 Å². The third-order valence-electron chi connectivity index (χ3n) is 1.87. The van der Waals surface area contributed by atoms with Crippen molar-refractivity contribution in [2.45, 2.75) is 17.2 Å². The Morgan fingerprint density at radius 1 is 1.47 bits per heavy atom. The number of rotatable bonds is 9. The molecule has 1 rings (SSSR count). The molecule has 0 aliphatic rings. The molecule has 0 aromatic carbocycles. The van der Waals surface area contributed by atoms with Crippen molar-refractivity contribution in [3.05, 3.63) is 11.6 Å². The SMILES string of the molecule is COCCNCCCCSc1nccs1. The molecule has 0 saturated heterocycles. The maximum Gasteiger partial charge on any atom is 0.149 e. The Labute approximate surface area is 99.6 Å². The standard InChI is InChI=1S/C10H18N2OS2/c1-13-7-5-11-4-2-3-8-14-10-12-6-9-15-10/h6,9,11H,2-5,7-8H2,1H3. The Morgan fingerprint density at radius 3 is 3.13 bits per heavy atom. The highest BCUT2D eigenvalue weighted by Crippen LogP contribution is 2.20. The van der Waals surface area contributed by atoms with E-state index in [4.69, 9.17) is 4.74 Å². The summed E-state index contributed by atoms with van der Waals surface area (Å²) in [5.74, 6) is 1.17. The third kappa shape index (κ3) is 6.89. The quantitative estimate of drug-likeness (QED) is 0.535. The van der Waals surface area contributed by atoms with Crippen molar-refractivity contribution in [2.24, 2.45) is 0 Å². The summed E-state index contributed by atoms with van der Waals surface area (Å²) in [4.78, 5) is 4.22. The van der Waals surface area contributed by atoms with Crippen molar-refractivity contribution >= 4 is 23.1 Å². The van der Waals surface area contributed by atoms with Crippen LogP contribution in [-0.2, 0) is 4.74 Å². The first-order chi connectivity index (χ1) is 7.43. The molecule has 0 atom stereocenters. The predicted octanol–water partition coefficient (Wildman–Crippen LogP) is 2.25. The molecule has 0 radical (unpaired) electrons. The first-order valence-corrected chi connectivity index (χ1v) is 7.02. The highest BCUT2D eigenvalue weighted by atomic mass is 32.2. The van der Waals surface area contributed by atoms with Crippen molar-refractivity contribution in [3.8, 4) is 0 Å².